The fraction of sp³-hybridized carbons (Fsp3) is 0.158. The highest BCUT2D eigenvalue weighted by molar-refractivity contribution is 6.34. The van der Waals surface area contributed by atoms with Crippen molar-refractivity contribution in [3.63, 3.8) is 0 Å². The molecule has 0 saturated heterocycles. The van der Waals surface area contributed by atoms with E-state index in [1.165, 1.54) is 28.9 Å². The molecule has 0 atom stereocenters. The molecule has 1 N–H and O–H groups in total. The van der Waals surface area contributed by atoms with E-state index >= 15 is 0 Å². The summed E-state index contributed by atoms with van der Waals surface area (Å²) in [5.41, 5.74) is 1.74. The number of halogens is 4. The van der Waals surface area contributed by atoms with E-state index in [-0.39, 0.29) is 16.5 Å². The number of hydrogen-bond acceptors (Lipinski definition) is 3. The number of hydrogen-bond donors (Lipinski definition) is 1. The lowest BCUT2D eigenvalue weighted by Crippen LogP contribution is -2.19. The summed E-state index contributed by atoms with van der Waals surface area (Å²) in [5, 5.41) is 7.11. The van der Waals surface area contributed by atoms with Crippen LogP contribution in [0.2, 0.25) is 5.15 Å². The second kappa shape index (κ2) is 7.93. The van der Waals surface area contributed by atoms with Crippen molar-refractivity contribution >= 4 is 23.2 Å². The smallest absolute Gasteiger partial charge is 0.422 e. The first kappa shape index (κ1) is 19.8. The number of nitrogens with one attached hydrogen (secondary N) is 1. The molecule has 1 aromatic heterocycles. The molecule has 28 heavy (non-hydrogen) atoms. The third-order valence-corrected chi connectivity index (χ3v) is 4.10. The number of aromatic nitrogens is 2. The number of nitrogens with zero attached hydrogens (tertiary/aromatic N) is 2. The van der Waals surface area contributed by atoms with Crippen LogP contribution in [0.25, 0.3) is 5.69 Å². The first-order chi connectivity index (χ1) is 13.2. The summed E-state index contributed by atoms with van der Waals surface area (Å²) >= 11 is 6.35. The molecule has 0 radical (unpaired) electrons. The number of carbonyl (C=O) groups excluding carboxylic acids is 1. The number of benzene rings is 2. The summed E-state index contributed by atoms with van der Waals surface area (Å²) in [6.45, 7) is 0.278. The van der Waals surface area contributed by atoms with Crippen molar-refractivity contribution in [2.75, 3.05) is 11.9 Å². The van der Waals surface area contributed by atoms with Crippen LogP contribution in [-0.4, -0.2) is 28.5 Å². The summed E-state index contributed by atoms with van der Waals surface area (Å²) in [6, 6.07) is 14.7. The van der Waals surface area contributed by atoms with Crippen molar-refractivity contribution in [1.82, 2.24) is 9.78 Å². The number of rotatable bonds is 5. The standard InChI is InChI=1S/C19H15ClF3N3O2/c1-12-16(17(20)26(25-12)14-5-3-2-4-6-14)18(27)24-13-7-9-15(10-8-13)28-11-19(21,22)23/h2-10H,11H2,1H3,(H,24,27). The molecule has 0 aliphatic heterocycles. The van der Waals surface area contributed by atoms with Gasteiger partial charge in [-0.25, -0.2) is 4.68 Å². The predicted molar refractivity (Wildman–Crippen MR) is 99.3 cm³/mol. The average molecular weight is 410 g/mol. The summed E-state index contributed by atoms with van der Waals surface area (Å²) < 4.78 is 42.6. The van der Waals surface area contributed by atoms with Gasteiger partial charge in [-0.2, -0.15) is 18.3 Å². The molecule has 0 aliphatic rings. The van der Waals surface area contributed by atoms with Gasteiger partial charge >= 0.3 is 6.18 Å². The first-order valence-electron chi connectivity index (χ1n) is 8.16. The Hall–Kier alpha value is -3.00. The normalized spacial score (nSPS) is 11.3. The van der Waals surface area contributed by atoms with Gasteiger partial charge in [-0.05, 0) is 43.3 Å². The largest absolute Gasteiger partial charge is 0.484 e. The van der Waals surface area contributed by atoms with E-state index in [9.17, 15) is 18.0 Å². The number of anilines is 1. The van der Waals surface area contributed by atoms with E-state index in [1.807, 2.05) is 18.2 Å². The van der Waals surface area contributed by atoms with Crippen LogP contribution in [0.1, 0.15) is 16.1 Å². The molecule has 0 saturated carbocycles. The predicted octanol–water partition coefficient (Wildman–Crippen LogP) is 5.03. The fourth-order valence-corrected chi connectivity index (χ4v) is 2.85. The van der Waals surface area contributed by atoms with Crippen molar-refractivity contribution in [3.05, 3.63) is 71.0 Å². The molecular formula is C19H15ClF3N3O2. The van der Waals surface area contributed by atoms with E-state index in [4.69, 9.17) is 11.6 Å². The molecular weight excluding hydrogens is 395 g/mol. The third kappa shape index (κ3) is 4.64. The zero-order valence-corrected chi connectivity index (χ0v) is 15.4. The highest BCUT2D eigenvalue weighted by Crippen LogP contribution is 2.25. The van der Waals surface area contributed by atoms with E-state index in [0.717, 1.165) is 0 Å². The van der Waals surface area contributed by atoms with Gasteiger partial charge in [0.2, 0.25) is 0 Å². The van der Waals surface area contributed by atoms with Gasteiger partial charge in [-0.1, -0.05) is 29.8 Å². The quantitative estimate of drug-likeness (QED) is 0.643. The molecule has 5 nitrogen and oxygen atoms in total. The fourth-order valence-electron chi connectivity index (χ4n) is 2.49. The second-order valence-electron chi connectivity index (χ2n) is 5.88. The molecule has 3 aromatic rings. The molecule has 0 unspecified atom stereocenters. The summed E-state index contributed by atoms with van der Waals surface area (Å²) in [7, 11) is 0. The Bertz CT molecular complexity index is 971. The maximum absolute atomic E-state index is 12.6. The highest BCUT2D eigenvalue weighted by Gasteiger charge is 2.28. The van der Waals surface area contributed by atoms with Crippen molar-refractivity contribution in [1.29, 1.82) is 0 Å². The summed E-state index contributed by atoms with van der Waals surface area (Å²) in [6.07, 6.45) is -4.42. The maximum atomic E-state index is 12.6. The number of para-hydroxylation sites is 1. The van der Waals surface area contributed by atoms with Gasteiger partial charge in [0.15, 0.2) is 6.61 Å². The molecule has 1 amide bonds. The minimum Gasteiger partial charge on any atom is -0.484 e. The molecule has 1 heterocycles. The SMILES string of the molecule is Cc1nn(-c2ccccc2)c(Cl)c1C(=O)Nc1ccc(OCC(F)(F)F)cc1. The number of amides is 1. The number of carbonyl (C=O) groups is 1. The van der Waals surface area contributed by atoms with Gasteiger partial charge in [0.1, 0.15) is 16.5 Å². The number of alkyl halides is 3. The Morgan fingerprint density at radius 1 is 1.14 bits per heavy atom. The summed E-state index contributed by atoms with van der Waals surface area (Å²) in [5.74, 6) is -0.435. The van der Waals surface area contributed by atoms with Gasteiger partial charge in [0, 0.05) is 5.69 Å². The van der Waals surface area contributed by atoms with Crippen LogP contribution < -0.4 is 10.1 Å². The minimum atomic E-state index is -4.42. The van der Waals surface area contributed by atoms with Gasteiger partial charge in [0.05, 0.1) is 11.4 Å². The lowest BCUT2D eigenvalue weighted by Gasteiger charge is -2.10. The van der Waals surface area contributed by atoms with Crippen molar-refractivity contribution in [2.45, 2.75) is 13.1 Å². The molecule has 0 aliphatic carbocycles. The van der Waals surface area contributed by atoms with E-state index in [0.29, 0.717) is 17.1 Å². The van der Waals surface area contributed by atoms with Gasteiger partial charge in [0.25, 0.3) is 5.91 Å². The van der Waals surface area contributed by atoms with E-state index in [1.54, 1.807) is 19.1 Å². The number of aryl methyl sites for hydroxylation is 1. The third-order valence-electron chi connectivity index (χ3n) is 3.75. The Labute approximate surface area is 163 Å². The average Bonchev–Trinajstić information content (AvgIpc) is 2.95. The maximum Gasteiger partial charge on any atom is 0.422 e. The zero-order valence-electron chi connectivity index (χ0n) is 14.6. The zero-order chi connectivity index (χ0) is 20.3. The van der Waals surface area contributed by atoms with Crippen LogP contribution >= 0.6 is 11.6 Å². The van der Waals surface area contributed by atoms with Crippen LogP contribution in [0.3, 0.4) is 0 Å². The molecule has 0 bridgehead atoms. The Balaban J connectivity index is 1.74. The van der Waals surface area contributed by atoms with Crippen LogP contribution in [0, 0.1) is 6.92 Å². The Morgan fingerprint density at radius 2 is 1.79 bits per heavy atom. The second-order valence-corrected chi connectivity index (χ2v) is 6.24. The Kier molecular flexibility index (Phi) is 5.60. The Morgan fingerprint density at radius 3 is 2.39 bits per heavy atom. The van der Waals surface area contributed by atoms with E-state index in [2.05, 4.69) is 15.2 Å². The summed E-state index contributed by atoms with van der Waals surface area (Å²) in [4.78, 5) is 12.6. The van der Waals surface area contributed by atoms with Crippen molar-refractivity contribution < 1.29 is 22.7 Å². The monoisotopic (exact) mass is 409 g/mol. The molecule has 9 heteroatoms. The highest BCUT2D eigenvalue weighted by atomic mass is 35.5. The first-order valence-corrected chi connectivity index (χ1v) is 8.54. The van der Waals surface area contributed by atoms with Gasteiger partial charge in [-0.15, -0.1) is 0 Å². The van der Waals surface area contributed by atoms with Crippen LogP contribution in [0.15, 0.2) is 54.6 Å². The van der Waals surface area contributed by atoms with Crippen molar-refractivity contribution in [2.24, 2.45) is 0 Å². The topological polar surface area (TPSA) is 56.2 Å². The molecule has 0 spiro atoms. The van der Waals surface area contributed by atoms with Gasteiger partial charge in [-0.3, -0.25) is 4.79 Å². The molecule has 146 valence electrons. The molecule has 0 fully saturated rings. The molecule has 2 aromatic carbocycles. The number of ether oxygens (including phenoxy) is 1. The van der Waals surface area contributed by atoms with E-state index < -0.39 is 18.7 Å². The van der Waals surface area contributed by atoms with Crippen LogP contribution in [0.5, 0.6) is 5.75 Å². The lowest BCUT2D eigenvalue weighted by molar-refractivity contribution is -0.153. The van der Waals surface area contributed by atoms with Crippen LogP contribution in [-0.2, 0) is 0 Å². The minimum absolute atomic E-state index is 0.0430. The van der Waals surface area contributed by atoms with Gasteiger partial charge < -0.3 is 10.1 Å². The lowest BCUT2D eigenvalue weighted by atomic mass is 10.2. The van der Waals surface area contributed by atoms with Crippen LogP contribution in [0.4, 0.5) is 18.9 Å². The van der Waals surface area contributed by atoms with Crippen molar-refractivity contribution in [3.8, 4) is 11.4 Å². The molecule has 3 rings (SSSR count).